The topological polar surface area (TPSA) is 18.5 Å². The van der Waals surface area contributed by atoms with Gasteiger partial charge in [-0.05, 0) is 0 Å². The van der Waals surface area contributed by atoms with Crippen LogP contribution >= 0.6 is 0 Å². The predicted octanol–water partition coefficient (Wildman–Crippen LogP) is 2.66. The molecular formula is C7H8F6O2. The van der Waals surface area contributed by atoms with Gasteiger partial charge in [0.1, 0.15) is 6.61 Å². The fourth-order valence-electron chi connectivity index (χ4n) is 0.672. The highest BCUT2D eigenvalue weighted by Gasteiger charge is 2.57. The quantitative estimate of drug-likeness (QED) is 0.416. The number of alkyl halides is 6. The van der Waals surface area contributed by atoms with Crippen molar-refractivity contribution in [2.75, 3.05) is 13.2 Å². The van der Waals surface area contributed by atoms with Gasteiger partial charge in [0, 0.05) is 0 Å². The Kier molecular flexibility index (Phi) is 4.92. The molecule has 90 valence electrons. The van der Waals surface area contributed by atoms with Gasteiger partial charge in [0.25, 0.3) is 0 Å². The van der Waals surface area contributed by atoms with Gasteiger partial charge in [-0.1, -0.05) is 6.58 Å². The van der Waals surface area contributed by atoms with E-state index < -0.39 is 31.7 Å². The minimum Gasteiger partial charge on any atom is -0.499 e. The van der Waals surface area contributed by atoms with Crippen LogP contribution in [0.4, 0.5) is 26.3 Å². The summed E-state index contributed by atoms with van der Waals surface area (Å²) in [6.45, 7) is 1.80. The summed E-state index contributed by atoms with van der Waals surface area (Å²) >= 11 is 0. The molecule has 0 unspecified atom stereocenters. The lowest BCUT2D eigenvalue weighted by atomic mass is 10.3. The molecule has 0 aromatic heterocycles. The molecule has 0 radical (unpaired) electrons. The van der Waals surface area contributed by atoms with Crippen molar-refractivity contribution in [1.82, 2.24) is 0 Å². The maximum Gasteiger partial charge on any atom is 0.423 e. The number of halogens is 6. The molecule has 0 saturated heterocycles. The molecular weight excluding hydrogens is 230 g/mol. The Balaban J connectivity index is 4.22. The third kappa shape index (κ3) is 5.50. The predicted molar refractivity (Wildman–Crippen MR) is 38.0 cm³/mol. The van der Waals surface area contributed by atoms with Crippen LogP contribution in [0.3, 0.4) is 0 Å². The van der Waals surface area contributed by atoms with E-state index in [2.05, 4.69) is 16.1 Å². The van der Waals surface area contributed by atoms with E-state index in [1.807, 2.05) is 0 Å². The molecule has 0 aliphatic rings. The molecule has 0 atom stereocenters. The van der Waals surface area contributed by atoms with E-state index in [1.165, 1.54) is 0 Å². The van der Waals surface area contributed by atoms with Crippen molar-refractivity contribution in [2.45, 2.75) is 18.5 Å². The van der Waals surface area contributed by atoms with E-state index >= 15 is 0 Å². The minimum atomic E-state index is -5.48. The van der Waals surface area contributed by atoms with Crippen molar-refractivity contribution >= 4 is 0 Å². The van der Waals surface area contributed by atoms with Crippen molar-refractivity contribution < 1.29 is 35.8 Å². The van der Waals surface area contributed by atoms with Crippen LogP contribution in [0, 0.1) is 0 Å². The average molecular weight is 238 g/mol. The van der Waals surface area contributed by atoms with Gasteiger partial charge in [-0.2, -0.15) is 26.3 Å². The van der Waals surface area contributed by atoms with Crippen LogP contribution in [-0.4, -0.2) is 31.7 Å². The molecule has 0 aromatic carbocycles. The molecule has 0 fully saturated rings. The molecule has 0 amide bonds. The first-order valence-corrected chi connectivity index (χ1v) is 3.67. The summed E-state index contributed by atoms with van der Waals surface area (Å²) in [5, 5.41) is 0. The summed E-state index contributed by atoms with van der Waals surface area (Å²) in [5.41, 5.74) is 0. The Morgan fingerprint density at radius 1 is 1.00 bits per heavy atom. The van der Waals surface area contributed by atoms with E-state index in [0.717, 1.165) is 6.26 Å². The van der Waals surface area contributed by atoms with Crippen molar-refractivity contribution in [1.29, 1.82) is 0 Å². The van der Waals surface area contributed by atoms with Gasteiger partial charge in [-0.25, -0.2) is 0 Å². The van der Waals surface area contributed by atoms with Crippen LogP contribution in [0.25, 0.3) is 0 Å². The zero-order valence-electron chi connectivity index (χ0n) is 7.36. The summed E-state index contributed by atoms with van der Waals surface area (Å²) in [5.74, 6) is 0. The van der Waals surface area contributed by atoms with Crippen LogP contribution in [0.2, 0.25) is 0 Å². The molecule has 0 aliphatic heterocycles. The molecule has 2 nitrogen and oxygen atoms in total. The highest BCUT2D eigenvalue weighted by molar-refractivity contribution is 4.75. The lowest BCUT2D eigenvalue weighted by Gasteiger charge is -2.22. The summed E-state index contributed by atoms with van der Waals surface area (Å²) in [6, 6.07) is 0. The number of rotatable bonds is 5. The molecule has 0 N–H and O–H groups in total. The molecule has 0 aromatic rings. The molecule has 0 spiro atoms. The van der Waals surface area contributed by atoms with Gasteiger partial charge in [0.15, 0.2) is 0 Å². The normalized spacial score (nSPS) is 13.0. The molecule has 15 heavy (non-hydrogen) atoms. The Bertz CT molecular complexity index is 183. The van der Waals surface area contributed by atoms with Gasteiger partial charge in [-0.15, -0.1) is 0 Å². The lowest BCUT2D eigenvalue weighted by Crippen LogP contribution is -2.44. The number of hydrogen-bond acceptors (Lipinski definition) is 2. The van der Waals surface area contributed by atoms with Crippen LogP contribution in [0.5, 0.6) is 0 Å². The fourth-order valence-corrected chi connectivity index (χ4v) is 0.672. The molecule has 8 heteroatoms. The summed E-state index contributed by atoms with van der Waals surface area (Å²) < 4.78 is 78.9. The Morgan fingerprint density at radius 3 is 1.80 bits per heavy atom. The number of hydrogen-bond donors (Lipinski definition) is 0. The van der Waals surface area contributed by atoms with E-state index in [4.69, 9.17) is 0 Å². The third-order valence-corrected chi connectivity index (χ3v) is 1.20. The average Bonchev–Trinajstić information content (AvgIpc) is 1.99. The molecule has 0 bridgehead atoms. The van der Waals surface area contributed by atoms with Gasteiger partial charge >= 0.3 is 12.4 Å². The summed E-state index contributed by atoms with van der Waals surface area (Å²) in [7, 11) is 0. The highest BCUT2D eigenvalue weighted by atomic mass is 19.4. The first kappa shape index (κ1) is 14.1. The Morgan fingerprint density at radius 2 is 1.47 bits per heavy atom. The second-order valence-corrected chi connectivity index (χ2v) is 2.37. The van der Waals surface area contributed by atoms with Crippen molar-refractivity contribution in [3.05, 3.63) is 12.8 Å². The molecule has 0 rings (SSSR count). The van der Waals surface area contributed by atoms with Gasteiger partial charge in [0.05, 0.1) is 12.9 Å². The van der Waals surface area contributed by atoms with E-state index in [0.29, 0.717) is 0 Å². The van der Waals surface area contributed by atoms with Gasteiger partial charge in [0.2, 0.25) is 6.10 Å². The van der Waals surface area contributed by atoms with Gasteiger partial charge in [-0.3, -0.25) is 0 Å². The van der Waals surface area contributed by atoms with Gasteiger partial charge < -0.3 is 9.47 Å². The van der Waals surface area contributed by atoms with Crippen molar-refractivity contribution in [3.8, 4) is 0 Å². The molecule has 0 aliphatic carbocycles. The number of ether oxygens (including phenoxy) is 2. The smallest absolute Gasteiger partial charge is 0.423 e. The fraction of sp³-hybridized carbons (Fsp3) is 0.714. The lowest BCUT2D eigenvalue weighted by molar-refractivity contribution is -0.322. The second kappa shape index (κ2) is 5.24. The zero-order valence-corrected chi connectivity index (χ0v) is 7.36. The second-order valence-electron chi connectivity index (χ2n) is 2.37. The standard InChI is InChI=1S/C7H8F6O2/c1-2-14-3-4-15-5(6(8,9)10)7(11,12)13/h2,5H,1,3-4H2. The zero-order chi connectivity index (χ0) is 12.1. The van der Waals surface area contributed by atoms with E-state index in [9.17, 15) is 26.3 Å². The van der Waals surface area contributed by atoms with Crippen LogP contribution in [0.15, 0.2) is 12.8 Å². The van der Waals surface area contributed by atoms with Crippen molar-refractivity contribution in [3.63, 3.8) is 0 Å². The maximum atomic E-state index is 11.8. The molecule has 0 saturated carbocycles. The first-order chi connectivity index (χ1) is 6.69. The third-order valence-electron chi connectivity index (χ3n) is 1.20. The monoisotopic (exact) mass is 238 g/mol. The van der Waals surface area contributed by atoms with Crippen LogP contribution in [0.1, 0.15) is 0 Å². The Hall–Kier alpha value is -0.920. The summed E-state index contributed by atoms with van der Waals surface area (Å²) in [4.78, 5) is 0. The minimum absolute atomic E-state index is 0.424. The van der Waals surface area contributed by atoms with E-state index in [1.54, 1.807) is 0 Å². The van der Waals surface area contributed by atoms with Crippen LogP contribution < -0.4 is 0 Å². The Labute approximate surface area is 81.5 Å². The SMILES string of the molecule is C=COCCOC(C(F)(F)F)C(F)(F)F. The maximum absolute atomic E-state index is 11.8. The first-order valence-electron chi connectivity index (χ1n) is 3.67. The highest BCUT2D eigenvalue weighted by Crippen LogP contribution is 2.35. The van der Waals surface area contributed by atoms with E-state index in [-0.39, 0.29) is 0 Å². The van der Waals surface area contributed by atoms with Crippen LogP contribution in [-0.2, 0) is 9.47 Å². The van der Waals surface area contributed by atoms with Crippen molar-refractivity contribution in [2.24, 2.45) is 0 Å². The summed E-state index contributed by atoms with van der Waals surface area (Å²) in [6.07, 6.45) is -13.9. The molecule has 0 heterocycles. The largest absolute Gasteiger partial charge is 0.499 e.